The number of ether oxygens (including phenoxy) is 1. The zero-order valence-corrected chi connectivity index (χ0v) is 14.3. The van der Waals surface area contributed by atoms with Crippen molar-refractivity contribution in [2.75, 3.05) is 19.6 Å². The number of piperidine rings is 1. The van der Waals surface area contributed by atoms with Crippen molar-refractivity contribution in [1.29, 1.82) is 0 Å². The van der Waals surface area contributed by atoms with Crippen molar-refractivity contribution in [2.45, 2.75) is 38.7 Å². The van der Waals surface area contributed by atoms with Crippen molar-refractivity contribution >= 4 is 18.3 Å². The maximum absolute atomic E-state index is 12.8. The molecular weight excluding hydrogens is 319 g/mol. The van der Waals surface area contributed by atoms with Crippen LogP contribution in [0.2, 0.25) is 0 Å². The molecule has 2 N–H and O–H groups in total. The second-order valence-corrected chi connectivity index (χ2v) is 5.92. The summed E-state index contributed by atoms with van der Waals surface area (Å²) < 4.78 is 18.4. The lowest BCUT2D eigenvalue weighted by molar-refractivity contribution is -0.121. The van der Waals surface area contributed by atoms with Gasteiger partial charge in [0.15, 0.2) is 0 Å². The first-order valence-corrected chi connectivity index (χ1v) is 8.03. The van der Waals surface area contributed by atoms with Crippen LogP contribution in [0.3, 0.4) is 0 Å². The smallest absolute Gasteiger partial charge is 0.220 e. The Morgan fingerprint density at radius 1 is 1.35 bits per heavy atom. The topological polar surface area (TPSA) is 50.4 Å². The summed E-state index contributed by atoms with van der Waals surface area (Å²) in [5, 5.41) is 6.23. The standard InChI is InChI=1S/C17H25FN2O2.ClH/c1-13(22-16-5-3-15(18)4-6-16)12-20-17(21)7-2-14-8-10-19-11-9-14;/h3-6,13-14,19H,2,7-12H2,1H3,(H,20,21);1H. The molecule has 0 bridgehead atoms. The average molecular weight is 345 g/mol. The van der Waals surface area contributed by atoms with Gasteiger partial charge in [-0.25, -0.2) is 4.39 Å². The van der Waals surface area contributed by atoms with Crippen LogP contribution in [0.1, 0.15) is 32.6 Å². The Balaban J connectivity index is 0.00000264. The summed E-state index contributed by atoms with van der Waals surface area (Å²) in [5.74, 6) is 1.07. The molecule has 1 aliphatic rings. The quantitative estimate of drug-likeness (QED) is 0.799. The Morgan fingerprint density at radius 3 is 2.65 bits per heavy atom. The van der Waals surface area contributed by atoms with E-state index < -0.39 is 0 Å². The molecule has 1 fully saturated rings. The van der Waals surface area contributed by atoms with Crippen molar-refractivity contribution in [3.8, 4) is 5.75 Å². The molecular formula is C17H26ClFN2O2. The van der Waals surface area contributed by atoms with Crippen molar-refractivity contribution in [3.05, 3.63) is 30.1 Å². The molecule has 130 valence electrons. The van der Waals surface area contributed by atoms with Crippen molar-refractivity contribution in [1.82, 2.24) is 10.6 Å². The van der Waals surface area contributed by atoms with E-state index in [0.717, 1.165) is 32.4 Å². The molecule has 0 aromatic heterocycles. The maximum atomic E-state index is 12.8. The van der Waals surface area contributed by atoms with Crippen LogP contribution in [0.4, 0.5) is 4.39 Å². The second-order valence-electron chi connectivity index (χ2n) is 5.92. The molecule has 23 heavy (non-hydrogen) atoms. The van der Waals surface area contributed by atoms with Gasteiger partial charge >= 0.3 is 0 Å². The third-order valence-corrected chi connectivity index (χ3v) is 3.98. The van der Waals surface area contributed by atoms with Crippen LogP contribution in [0.25, 0.3) is 0 Å². The van der Waals surface area contributed by atoms with Crippen LogP contribution >= 0.6 is 12.4 Å². The molecule has 0 saturated carbocycles. The normalized spacial score (nSPS) is 16.3. The highest BCUT2D eigenvalue weighted by Gasteiger charge is 2.14. The summed E-state index contributed by atoms with van der Waals surface area (Å²) in [7, 11) is 0. The molecule has 1 aromatic carbocycles. The number of hydrogen-bond acceptors (Lipinski definition) is 3. The van der Waals surface area contributed by atoms with Crippen LogP contribution in [0.15, 0.2) is 24.3 Å². The Bertz CT molecular complexity index is 464. The van der Waals surface area contributed by atoms with Crippen LogP contribution in [0.5, 0.6) is 5.75 Å². The van der Waals surface area contributed by atoms with E-state index in [0.29, 0.717) is 24.6 Å². The number of rotatable bonds is 7. The Kier molecular flexibility index (Phi) is 8.95. The number of halogens is 2. The van der Waals surface area contributed by atoms with Crippen LogP contribution in [0, 0.1) is 11.7 Å². The second kappa shape index (κ2) is 10.4. The molecule has 0 radical (unpaired) electrons. The van der Waals surface area contributed by atoms with Gasteiger partial charge in [0.1, 0.15) is 17.7 Å². The SMILES string of the molecule is CC(CNC(=O)CCC1CCNCC1)Oc1ccc(F)cc1.Cl. The Morgan fingerprint density at radius 2 is 2.00 bits per heavy atom. The van der Waals surface area contributed by atoms with Crippen LogP contribution < -0.4 is 15.4 Å². The highest BCUT2D eigenvalue weighted by Crippen LogP contribution is 2.17. The van der Waals surface area contributed by atoms with E-state index in [-0.39, 0.29) is 30.2 Å². The lowest BCUT2D eigenvalue weighted by Crippen LogP contribution is -2.34. The highest BCUT2D eigenvalue weighted by molar-refractivity contribution is 5.85. The minimum absolute atomic E-state index is 0. The minimum Gasteiger partial charge on any atom is -0.489 e. The van der Waals surface area contributed by atoms with Gasteiger partial charge in [0, 0.05) is 6.42 Å². The lowest BCUT2D eigenvalue weighted by atomic mass is 9.93. The van der Waals surface area contributed by atoms with Gasteiger partial charge in [-0.3, -0.25) is 4.79 Å². The zero-order chi connectivity index (χ0) is 15.8. The predicted molar refractivity (Wildman–Crippen MR) is 91.6 cm³/mol. The van der Waals surface area contributed by atoms with E-state index in [1.807, 2.05) is 6.92 Å². The number of benzene rings is 1. The molecule has 1 aromatic rings. The molecule has 1 aliphatic heterocycles. The van der Waals surface area contributed by atoms with Crippen molar-refractivity contribution in [3.63, 3.8) is 0 Å². The van der Waals surface area contributed by atoms with E-state index in [2.05, 4.69) is 10.6 Å². The summed E-state index contributed by atoms with van der Waals surface area (Å²) in [6.45, 7) is 4.47. The van der Waals surface area contributed by atoms with Crippen LogP contribution in [-0.2, 0) is 4.79 Å². The molecule has 6 heteroatoms. The maximum Gasteiger partial charge on any atom is 0.220 e. The molecule has 1 atom stereocenters. The van der Waals surface area contributed by atoms with Gasteiger partial charge in [-0.05, 0) is 69.5 Å². The first kappa shape index (κ1) is 19.7. The summed E-state index contributed by atoms with van der Waals surface area (Å²) in [5.41, 5.74) is 0. The first-order chi connectivity index (χ1) is 10.6. The van der Waals surface area contributed by atoms with Gasteiger partial charge in [-0.1, -0.05) is 0 Å². The molecule has 1 unspecified atom stereocenters. The van der Waals surface area contributed by atoms with Gasteiger partial charge in [0.2, 0.25) is 5.91 Å². The predicted octanol–water partition coefficient (Wildman–Crippen LogP) is 2.91. The Labute approximate surface area is 143 Å². The Hall–Kier alpha value is -1.33. The third-order valence-electron chi connectivity index (χ3n) is 3.98. The number of hydrogen-bond donors (Lipinski definition) is 2. The van der Waals surface area contributed by atoms with E-state index in [4.69, 9.17) is 4.74 Å². The molecule has 0 spiro atoms. The van der Waals surface area contributed by atoms with Gasteiger partial charge in [-0.2, -0.15) is 0 Å². The molecule has 1 heterocycles. The monoisotopic (exact) mass is 344 g/mol. The summed E-state index contributed by atoms with van der Waals surface area (Å²) in [6, 6.07) is 5.90. The fraction of sp³-hybridized carbons (Fsp3) is 0.588. The minimum atomic E-state index is -0.286. The molecule has 1 saturated heterocycles. The molecule has 4 nitrogen and oxygen atoms in total. The van der Waals surface area contributed by atoms with E-state index in [1.165, 1.54) is 12.1 Å². The zero-order valence-electron chi connectivity index (χ0n) is 13.5. The molecule has 0 aliphatic carbocycles. The summed E-state index contributed by atoms with van der Waals surface area (Å²) in [6.07, 6.45) is 3.72. The fourth-order valence-corrected chi connectivity index (χ4v) is 2.64. The van der Waals surface area contributed by atoms with Gasteiger partial charge in [0.25, 0.3) is 0 Å². The van der Waals surface area contributed by atoms with E-state index >= 15 is 0 Å². The number of amides is 1. The number of nitrogens with one attached hydrogen (secondary N) is 2. The fourth-order valence-electron chi connectivity index (χ4n) is 2.64. The van der Waals surface area contributed by atoms with Gasteiger partial charge in [-0.15, -0.1) is 12.4 Å². The molecule has 2 rings (SSSR count). The third kappa shape index (κ3) is 7.66. The van der Waals surface area contributed by atoms with Crippen molar-refractivity contribution in [2.24, 2.45) is 5.92 Å². The number of carbonyl (C=O) groups excluding carboxylic acids is 1. The average Bonchev–Trinajstić information content (AvgIpc) is 2.54. The highest BCUT2D eigenvalue weighted by atomic mass is 35.5. The largest absolute Gasteiger partial charge is 0.489 e. The van der Waals surface area contributed by atoms with Crippen LogP contribution in [-0.4, -0.2) is 31.6 Å². The van der Waals surface area contributed by atoms with Gasteiger partial charge in [0.05, 0.1) is 6.54 Å². The summed E-state index contributed by atoms with van der Waals surface area (Å²) in [4.78, 5) is 11.9. The van der Waals surface area contributed by atoms with Crippen molar-refractivity contribution < 1.29 is 13.9 Å². The lowest BCUT2D eigenvalue weighted by Gasteiger charge is -2.22. The first-order valence-electron chi connectivity index (χ1n) is 8.03. The van der Waals surface area contributed by atoms with Gasteiger partial charge < -0.3 is 15.4 Å². The van der Waals surface area contributed by atoms with E-state index in [1.54, 1.807) is 12.1 Å². The summed E-state index contributed by atoms with van der Waals surface area (Å²) >= 11 is 0. The molecule has 1 amide bonds. The van der Waals surface area contributed by atoms with E-state index in [9.17, 15) is 9.18 Å². The number of carbonyl (C=O) groups is 1.